The fraction of sp³-hybridized carbons (Fsp3) is 0.421. The quantitative estimate of drug-likeness (QED) is 0.603. The number of benzene rings is 1. The maximum atomic E-state index is 12.4. The maximum absolute atomic E-state index is 12.4. The Morgan fingerprint density at radius 1 is 1.20 bits per heavy atom. The lowest BCUT2D eigenvalue weighted by molar-refractivity contribution is -0.119. The van der Waals surface area contributed by atoms with Gasteiger partial charge in [-0.1, -0.05) is 37.7 Å². The van der Waals surface area contributed by atoms with Crippen molar-refractivity contribution < 1.29 is 9.53 Å². The van der Waals surface area contributed by atoms with Crippen LogP contribution in [0.25, 0.3) is 0 Å². The van der Waals surface area contributed by atoms with Gasteiger partial charge >= 0.3 is 0 Å². The van der Waals surface area contributed by atoms with Crippen molar-refractivity contribution in [2.45, 2.75) is 38.8 Å². The number of rotatable bonds is 7. The number of carbonyl (C=O) groups is 1. The minimum absolute atomic E-state index is 0.00608. The van der Waals surface area contributed by atoms with Gasteiger partial charge in [-0.25, -0.2) is 9.97 Å². The lowest BCUT2D eigenvalue weighted by Crippen LogP contribution is -2.33. The van der Waals surface area contributed by atoms with Gasteiger partial charge in [-0.3, -0.25) is 4.79 Å². The first-order valence-corrected chi connectivity index (χ1v) is 9.26. The molecule has 6 heteroatoms. The van der Waals surface area contributed by atoms with E-state index in [2.05, 4.69) is 29.1 Å². The van der Waals surface area contributed by atoms with E-state index in [0.29, 0.717) is 5.75 Å². The molecule has 2 rings (SSSR count). The summed E-state index contributed by atoms with van der Waals surface area (Å²) >= 11 is 1.43. The second-order valence-corrected chi connectivity index (χ2v) is 7.24. The Kier molecular flexibility index (Phi) is 6.82. The highest BCUT2D eigenvalue weighted by molar-refractivity contribution is 7.99. The number of hydrogen-bond donors (Lipinski definition) is 1. The fourth-order valence-electron chi connectivity index (χ4n) is 2.56. The monoisotopic (exact) mass is 359 g/mol. The van der Waals surface area contributed by atoms with E-state index in [-0.39, 0.29) is 17.9 Å². The molecular weight excluding hydrogens is 334 g/mol. The van der Waals surface area contributed by atoms with Crippen LogP contribution in [-0.4, -0.2) is 28.7 Å². The number of carbonyl (C=O) groups excluding carboxylic acids is 1. The van der Waals surface area contributed by atoms with E-state index in [1.165, 1.54) is 11.8 Å². The molecule has 5 nitrogen and oxygen atoms in total. The number of nitrogens with zero attached hydrogens (tertiary/aromatic N) is 2. The van der Waals surface area contributed by atoms with Crippen LogP contribution in [0.3, 0.4) is 0 Å². The highest BCUT2D eigenvalue weighted by Crippen LogP contribution is 2.24. The molecule has 0 fully saturated rings. The SMILES string of the molecule is COc1ccc(C(NC(=O)CSc2cc(C)nc(C)n2)C(C)C)cc1. The van der Waals surface area contributed by atoms with Gasteiger partial charge < -0.3 is 10.1 Å². The van der Waals surface area contributed by atoms with Gasteiger partial charge in [0.25, 0.3) is 0 Å². The molecule has 1 heterocycles. The summed E-state index contributed by atoms with van der Waals surface area (Å²) in [6.07, 6.45) is 0. The van der Waals surface area contributed by atoms with Crippen LogP contribution < -0.4 is 10.1 Å². The Balaban J connectivity index is 1.99. The van der Waals surface area contributed by atoms with Crippen molar-refractivity contribution in [3.8, 4) is 5.75 Å². The van der Waals surface area contributed by atoms with Gasteiger partial charge in [0.1, 0.15) is 16.6 Å². The number of methoxy groups -OCH3 is 1. The molecule has 0 bridgehead atoms. The molecule has 0 aliphatic heterocycles. The van der Waals surface area contributed by atoms with Crippen molar-refractivity contribution in [3.05, 3.63) is 47.4 Å². The zero-order valence-electron chi connectivity index (χ0n) is 15.4. The Morgan fingerprint density at radius 3 is 2.44 bits per heavy atom. The second kappa shape index (κ2) is 8.85. The van der Waals surface area contributed by atoms with E-state index < -0.39 is 0 Å². The molecule has 1 unspecified atom stereocenters. The first kappa shape index (κ1) is 19.2. The van der Waals surface area contributed by atoms with E-state index in [0.717, 1.165) is 27.9 Å². The van der Waals surface area contributed by atoms with Crippen molar-refractivity contribution in [2.24, 2.45) is 5.92 Å². The van der Waals surface area contributed by atoms with Gasteiger partial charge in [-0.2, -0.15) is 0 Å². The molecule has 1 N–H and O–H groups in total. The molecule has 0 spiro atoms. The van der Waals surface area contributed by atoms with Crippen LogP contribution in [0.15, 0.2) is 35.4 Å². The number of amides is 1. The summed E-state index contributed by atoms with van der Waals surface area (Å²) in [7, 11) is 1.64. The highest BCUT2D eigenvalue weighted by atomic mass is 32.2. The summed E-state index contributed by atoms with van der Waals surface area (Å²) in [5.74, 6) is 2.14. The molecule has 134 valence electrons. The normalized spacial score (nSPS) is 12.1. The van der Waals surface area contributed by atoms with E-state index in [9.17, 15) is 4.79 Å². The predicted molar refractivity (Wildman–Crippen MR) is 101 cm³/mol. The number of aromatic nitrogens is 2. The number of aryl methyl sites for hydroxylation is 2. The van der Waals surface area contributed by atoms with Gasteiger partial charge in [-0.15, -0.1) is 0 Å². The zero-order chi connectivity index (χ0) is 18.4. The lowest BCUT2D eigenvalue weighted by atomic mass is 9.96. The number of thioether (sulfide) groups is 1. The van der Waals surface area contributed by atoms with Crippen LogP contribution >= 0.6 is 11.8 Å². The first-order valence-electron chi connectivity index (χ1n) is 8.27. The molecule has 1 aromatic carbocycles. The van der Waals surface area contributed by atoms with Crippen LogP contribution in [0.1, 0.15) is 37.0 Å². The Labute approximate surface area is 153 Å². The van der Waals surface area contributed by atoms with Crippen molar-refractivity contribution in [3.63, 3.8) is 0 Å². The molecule has 0 aliphatic carbocycles. The first-order chi connectivity index (χ1) is 11.9. The molecule has 1 atom stereocenters. The topological polar surface area (TPSA) is 64.1 Å². The smallest absolute Gasteiger partial charge is 0.230 e. The van der Waals surface area contributed by atoms with E-state index >= 15 is 0 Å². The van der Waals surface area contributed by atoms with Crippen molar-refractivity contribution in [2.75, 3.05) is 12.9 Å². The average Bonchev–Trinajstić information content (AvgIpc) is 2.57. The van der Waals surface area contributed by atoms with Crippen molar-refractivity contribution >= 4 is 17.7 Å². The molecule has 0 radical (unpaired) electrons. The minimum Gasteiger partial charge on any atom is -0.497 e. The van der Waals surface area contributed by atoms with Crippen LogP contribution in [0.5, 0.6) is 5.75 Å². The third kappa shape index (κ3) is 5.74. The van der Waals surface area contributed by atoms with E-state index in [1.54, 1.807) is 7.11 Å². The summed E-state index contributed by atoms with van der Waals surface area (Å²) in [6, 6.07) is 9.68. The van der Waals surface area contributed by atoms with Gasteiger partial charge in [0.15, 0.2) is 0 Å². The predicted octanol–water partition coefficient (Wildman–Crippen LogP) is 3.71. The highest BCUT2D eigenvalue weighted by Gasteiger charge is 2.18. The third-order valence-electron chi connectivity index (χ3n) is 3.75. The van der Waals surface area contributed by atoms with E-state index in [4.69, 9.17) is 4.74 Å². The standard InChI is InChI=1S/C19H25N3O2S/c1-12(2)19(15-6-8-16(24-5)9-7-15)22-17(23)11-25-18-10-13(3)20-14(4)21-18/h6-10,12,19H,11H2,1-5H3,(H,22,23). The van der Waals surface area contributed by atoms with Crippen molar-refractivity contribution in [1.29, 1.82) is 0 Å². The summed E-state index contributed by atoms with van der Waals surface area (Å²) < 4.78 is 5.19. The summed E-state index contributed by atoms with van der Waals surface area (Å²) in [5.41, 5.74) is 1.98. The average molecular weight is 359 g/mol. The van der Waals surface area contributed by atoms with Gasteiger partial charge in [0.05, 0.1) is 18.9 Å². The maximum Gasteiger partial charge on any atom is 0.230 e. The number of nitrogens with one attached hydrogen (secondary N) is 1. The van der Waals surface area contributed by atoms with Crippen LogP contribution in [0, 0.1) is 19.8 Å². The summed E-state index contributed by atoms with van der Waals surface area (Å²) in [4.78, 5) is 21.0. The third-order valence-corrected chi connectivity index (χ3v) is 4.66. The minimum atomic E-state index is -0.0344. The molecule has 1 aromatic heterocycles. The van der Waals surface area contributed by atoms with Crippen molar-refractivity contribution in [1.82, 2.24) is 15.3 Å². The Morgan fingerprint density at radius 2 is 1.88 bits per heavy atom. The fourth-order valence-corrected chi connectivity index (χ4v) is 3.37. The van der Waals surface area contributed by atoms with Crippen LogP contribution in [0.4, 0.5) is 0 Å². The molecule has 1 amide bonds. The number of hydrogen-bond acceptors (Lipinski definition) is 5. The molecule has 2 aromatic rings. The van der Waals surface area contributed by atoms with Crippen LogP contribution in [0.2, 0.25) is 0 Å². The summed E-state index contributed by atoms with van der Waals surface area (Å²) in [6.45, 7) is 7.98. The second-order valence-electron chi connectivity index (χ2n) is 6.25. The Hall–Kier alpha value is -2.08. The summed E-state index contributed by atoms with van der Waals surface area (Å²) in [5, 5.41) is 3.95. The largest absolute Gasteiger partial charge is 0.497 e. The molecular formula is C19H25N3O2S. The van der Waals surface area contributed by atoms with E-state index in [1.807, 2.05) is 44.2 Å². The molecule has 0 saturated carbocycles. The Bertz CT molecular complexity index is 697. The molecule has 25 heavy (non-hydrogen) atoms. The van der Waals surface area contributed by atoms with Gasteiger partial charge in [0, 0.05) is 5.69 Å². The molecule has 0 saturated heterocycles. The van der Waals surface area contributed by atoms with Crippen LogP contribution in [-0.2, 0) is 4.79 Å². The zero-order valence-corrected chi connectivity index (χ0v) is 16.2. The lowest BCUT2D eigenvalue weighted by Gasteiger charge is -2.23. The molecule has 0 aliphatic rings. The van der Waals surface area contributed by atoms with Gasteiger partial charge in [0.2, 0.25) is 5.91 Å². The van der Waals surface area contributed by atoms with Gasteiger partial charge in [-0.05, 0) is 43.5 Å². The number of ether oxygens (including phenoxy) is 1.